The minimum Gasteiger partial charge on any atom is -0.320 e. The summed E-state index contributed by atoms with van der Waals surface area (Å²) in [5.41, 5.74) is 2.26. The minimum atomic E-state index is -0.00963. The number of fused-ring (bicyclic) bond motifs is 1. The topological polar surface area (TPSA) is 65.1 Å². The van der Waals surface area contributed by atoms with E-state index in [1.54, 1.807) is 11.9 Å². The van der Waals surface area contributed by atoms with Crippen molar-refractivity contribution in [1.29, 1.82) is 0 Å². The second-order valence-electron chi connectivity index (χ2n) is 5.36. The van der Waals surface area contributed by atoms with E-state index in [9.17, 15) is 4.79 Å². The Balaban J connectivity index is 1.76. The molecule has 3 rings (SSSR count). The molecule has 6 nitrogen and oxygen atoms in total. The Kier molecular flexibility index (Phi) is 3.60. The fourth-order valence-corrected chi connectivity index (χ4v) is 2.68. The van der Waals surface area contributed by atoms with Gasteiger partial charge in [-0.2, -0.15) is 5.10 Å². The van der Waals surface area contributed by atoms with Crippen molar-refractivity contribution in [3.63, 3.8) is 0 Å². The molecule has 0 spiro atoms. The number of carbonyl (C=O) groups is 1. The van der Waals surface area contributed by atoms with Gasteiger partial charge in [-0.25, -0.2) is 9.78 Å². The summed E-state index contributed by atoms with van der Waals surface area (Å²) in [6, 6.07) is 8.09. The molecule has 1 aliphatic heterocycles. The van der Waals surface area contributed by atoms with E-state index in [2.05, 4.69) is 21.2 Å². The highest BCUT2D eigenvalue weighted by Crippen LogP contribution is 2.27. The Morgan fingerprint density at radius 2 is 2.24 bits per heavy atom. The number of aromatic amines is 1. The largest absolute Gasteiger partial charge is 0.324 e. The van der Waals surface area contributed by atoms with Crippen molar-refractivity contribution in [1.82, 2.24) is 20.1 Å². The zero-order valence-electron chi connectivity index (χ0n) is 12.3. The van der Waals surface area contributed by atoms with Crippen LogP contribution in [0.1, 0.15) is 23.6 Å². The van der Waals surface area contributed by atoms with Gasteiger partial charge in [-0.05, 0) is 31.4 Å². The van der Waals surface area contributed by atoms with Crippen LogP contribution in [0.15, 0.2) is 24.3 Å². The van der Waals surface area contributed by atoms with Gasteiger partial charge in [0.15, 0.2) is 5.82 Å². The van der Waals surface area contributed by atoms with Crippen LogP contribution in [-0.4, -0.2) is 39.7 Å². The Hall–Kier alpha value is -2.37. The van der Waals surface area contributed by atoms with Crippen molar-refractivity contribution in [3.8, 4) is 0 Å². The number of benzene rings is 1. The number of rotatable bonds is 2. The van der Waals surface area contributed by atoms with E-state index in [0.717, 1.165) is 30.9 Å². The number of nitrogens with one attached hydrogen (secondary N) is 1. The molecule has 0 aliphatic carbocycles. The first kappa shape index (κ1) is 13.6. The lowest BCUT2D eigenvalue weighted by Crippen LogP contribution is -2.43. The lowest BCUT2D eigenvalue weighted by atomic mass is 10.0. The van der Waals surface area contributed by atoms with Gasteiger partial charge < -0.3 is 4.90 Å². The molecule has 1 aromatic carbocycles. The summed E-state index contributed by atoms with van der Waals surface area (Å²) in [7, 11) is 1.78. The standard InChI is InChI=1S/C15H19N5O/c1-11-16-14(18-17-11)10-19(2)15(21)20-9-5-7-12-6-3-4-8-13(12)20/h3-4,6,8H,5,7,9-10H2,1-2H3,(H,16,17,18). The fraction of sp³-hybridized carbons (Fsp3) is 0.400. The number of anilines is 1. The number of nitrogens with zero attached hydrogens (tertiary/aromatic N) is 4. The lowest BCUT2D eigenvalue weighted by Gasteiger charge is -2.32. The van der Waals surface area contributed by atoms with Crippen LogP contribution < -0.4 is 4.90 Å². The predicted molar refractivity (Wildman–Crippen MR) is 80.1 cm³/mol. The smallest absolute Gasteiger partial charge is 0.320 e. The highest BCUT2D eigenvalue weighted by Gasteiger charge is 2.25. The first-order valence-corrected chi connectivity index (χ1v) is 7.13. The molecule has 2 amide bonds. The van der Waals surface area contributed by atoms with Crippen molar-refractivity contribution in [2.75, 3.05) is 18.5 Å². The number of urea groups is 1. The van der Waals surface area contributed by atoms with Crippen LogP contribution in [0.2, 0.25) is 0 Å². The normalized spacial score (nSPS) is 13.9. The maximum atomic E-state index is 12.7. The maximum Gasteiger partial charge on any atom is 0.324 e. The minimum absolute atomic E-state index is 0.00963. The molecule has 1 aromatic heterocycles. The van der Waals surface area contributed by atoms with Gasteiger partial charge in [-0.1, -0.05) is 18.2 Å². The zero-order valence-corrected chi connectivity index (χ0v) is 12.3. The average Bonchev–Trinajstić information content (AvgIpc) is 2.91. The number of aryl methyl sites for hydroxylation is 2. The van der Waals surface area contributed by atoms with E-state index in [-0.39, 0.29) is 6.03 Å². The summed E-state index contributed by atoms with van der Waals surface area (Å²) in [6.07, 6.45) is 2.03. The lowest BCUT2D eigenvalue weighted by molar-refractivity contribution is 0.212. The zero-order chi connectivity index (χ0) is 14.8. The summed E-state index contributed by atoms with van der Waals surface area (Å²) in [5.74, 6) is 1.39. The highest BCUT2D eigenvalue weighted by atomic mass is 16.2. The first-order chi connectivity index (χ1) is 10.1. The second kappa shape index (κ2) is 5.55. The molecule has 0 unspecified atom stereocenters. The highest BCUT2D eigenvalue weighted by molar-refractivity contribution is 5.93. The summed E-state index contributed by atoms with van der Waals surface area (Å²) in [4.78, 5) is 20.4. The quantitative estimate of drug-likeness (QED) is 0.919. The molecule has 21 heavy (non-hydrogen) atoms. The van der Waals surface area contributed by atoms with Crippen molar-refractivity contribution >= 4 is 11.7 Å². The number of aromatic nitrogens is 3. The van der Waals surface area contributed by atoms with Crippen LogP contribution in [0.4, 0.5) is 10.5 Å². The van der Waals surface area contributed by atoms with Crippen LogP contribution in [0.5, 0.6) is 0 Å². The van der Waals surface area contributed by atoms with Crippen LogP contribution in [0.3, 0.4) is 0 Å². The number of carbonyl (C=O) groups excluding carboxylic acids is 1. The maximum absolute atomic E-state index is 12.7. The van der Waals surface area contributed by atoms with Crippen LogP contribution >= 0.6 is 0 Å². The van der Waals surface area contributed by atoms with E-state index in [1.807, 2.05) is 30.0 Å². The molecular formula is C15H19N5O. The van der Waals surface area contributed by atoms with Gasteiger partial charge in [0, 0.05) is 19.3 Å². The van der Waals surface area contributed by atoms with Crippen LogP contribution in [0, 0.1) is 6.92 Å². The summed E-state index contributed by atoms with van der Waals surface area (Å²) in [6.45, 7) is 3.01. The van der Waals surface area contributed by atoms with E-state index in [0.29, 0.717) is 12.4 Å². The fourth-order valence-electron chi connectivity index (χ4n) is 2.68. The van der Waals surface area contributed by atoms with Gasteiger partial charge in [-0.3, -0.25) is 10.00 Å². The molecule has 6 heteroatoms. The molecule has 2 heterocycles. The number of H-pyrrole nitrogens is 1. The van der Waals surface area contributed by atoms with E-state index in [1.165, 1.54) is 5.56 Å². The number of hydrogen-bond donors (Lipinski definition) is 1. The molecule has 0 radical (unpaired) electrons. The number of amides is 2. The molecule has 0 fully saturated rings. The molecule has 2 aromatic rings. The molecule has 0 saturated heterocycles. The second-order valence-corrected chi connectivity index (χ2v) is 5.36. The van der Waals surface area contributed by atoms with Crippen molar-refractivity contribution in [3.05, 3.63) is 41.5 Å². The van der Waals surface area contributed by atoms with E-state index < -0.39 is 0 Å². The third-order valence-electron chi connectivity index (χ3n) is 3.69. The van der Waals surface area contributed by atoms with Gasteiger partial charge in [0.1, 0.15) is 5.82 Å². The molecule has 0 atom stereocenters. The third-order valence-corrected chi connectivity index (χ3v) is 3.69. The Bertz CT molecular complexity index is 651. The van der Waals surface area contributed by atoms with Gasteiger partial charge in [0.25, 0.3) is 0 Å². The van der Waals surface area contributed by atoms with Gasteiger partial charge in [0.2, 0.25) is 0 Å². The van der Waals surface area contributed by atoms with E-state index in [4.69, 9.17) is 0 Å². The molecule has 1 aliphatic rings. The monoisotopic (exact) mass is 285 g/mol. The third kappa shape index (κ3) is 2.74. The molecule has 1 N–H and O–H groups in total. The van der Waals surface area contributed by atoms with E-state index >= 15 is 0 Å². The summed E-state index contributed by atoms with van der Waals surface area (Å²) >= 11 is 0. The van der Waals surface area contributed by atoms with Crippen LogP contribution in [0.25, 0.3) is 0 Å². The Morgan fingerprint density at radius 1 is 1.43 bits per heavy atom. The molecule has 110 valence electrons. The average molecular weight is 285 g/mol. The predicted octanol–water partition coefficient (Wildman–Crippen LogP) is 2.12. The van der Waals surface area contributed by atoms with Gasteiger partial charge in [-0.15, -0.1) is 0 Å². The summed E-state index contributed by atoms with van der Waals surface area (Å²) < 4.78 is 0. The first-order valence-electron chi connectivity index (χ1n) is 7.13. The van der Waals surface area contributed by atoms with Crippen molar-refractivity contribution in [2.45, 2.75) is 26.3 Å². The van der Waals surface area contributed by atoms with Gasteiger partial charge >= 0.3 is 6.03 Å². The van der Waals surface area contributed by atoms with Crippen molar-refractivity contribution < 1.29 is 4.79 Å². The number of para-hydroxylation sites is 1. The Morgan fingerprint density at radius 3 is 3.00 bits per heavy atom. The molecular weight excluding hydrogens is 266 g/mol. The van der Waals surface area contributed by atoms with Crippen LogP contribution in [-0.2, 0) is 13.0 Å². The van der Waals surface area contributed by atoms with Gasteiger partial charge in [0.05, 0.1) is 6.54 Å². The molecule has 0 saturated carbocycles. The molecule has 0 bridgehead atoms. The number of hydrogen-bond acceptors (Lipinski definition) is 3. The SMILES string of the molecule is Cc1nc(CN(C)C(=O)N2CCCc3ccccc32)n[nH]1. The summed E-state index contributed by atoms with van der Waals surface area (Å²) in [5, 5.41) is 6.87. The van der Waals surface area contributed by atoms with Crippen molar-refractivity contribution in [2.24, 2.45) is 0 Å². The Labute approximate surface area is 123 Å².